The van der Waals surface area contributed by atoms with Crippen molar-refractivity contribution in [2.75, 3.05) is 0 Å². The summed E-state index contributed by atoms with van der Waals surface area (Å²) in [6, 6.07) is 4.34. The summed E-state index contributed by atoms with van der Waals surface area (Å²) in [5.41, 5.74) is 6.33. The Hall–Kier alpha value is -1.07. The molecule has 102 valence electrons. The second kappa shape index (κ2) is 4.55. The van der Waals surface area contributed by atoms with Crippen molar-refractivity contribution in [3.8, 4) is 11.5 Å². The number of rotatable bonds is 1. The lowest BCUT2D eigenvalue weighted by molar-refractivity contribution is -0.287. The van der Waals surface area contributed by atoms with Gasteiger partial charge in [-0.2, -0.15) is 0 Å². The van der Waals surface area contributed by atoms with E-state index < -0.39 is 12.3 Å². The maximum absolute atomic E-state index is 13.0. The number of alkyl halides is 2. The maximum atomic E-state index is 13.0. The highest BCUT2D eigenvalue weighted by molar-refractivity contribution is 5.85. The highest BCUT2D eigenvalue weighted by Crippen LogP contribution is 2.47. The number of nitrogens with two attached hydrogens (primary N) is 1. The number of para-hydroxylation sites is 1. The van der Waals surface area contributed by atoms with Gasteiger partial charge in [0.2, 0.25) is 0 Å². The van der Waals surface area contributed by atoms with Crippen LogP contribution in [0.15, 0.2) is 18.2 Å². The Balaban J connectivity index is 0.00000162. The Morgan fingerprint density at radius 2 is 1.83 bits per heavy atom. The zero-order valence-corrected chi connectivity index (χ0v) is 11.2. The zero-order chi connectivity index (χ0) is 12.8. The minimum Gasteiger partial charge on any atom is -0.395 e. The number of ether oxygens (including phenoxy) is 2. The van der Waals surface area contributed by atoms with Gasteiger partial charge in [0.1, 0.15) is 0 Å². The molecule has 0 radical (unpaired) electrons. The predicted octanol–water partition coefficient (Wildman–Crippen LogP) is 3.48. The Bertz CT molecular complexity index is 446. The summed E-state index contributed by atoms with van der Waals surface area (Å²) in [5, 5.41) is 0. The van der Waals surface area contributed by atoms with E-state index in [-0.39, 0.29) is 29.3 Å². The van der Waals surface area contributed by atoms with E-state index in [9.17, 15) is 8.78 Å². The zero-order valence-electron chi connectivity index (χ0n) is 10.4. The smallest absolute Gasteiger partial charge is 0.395 e. The van der Waals surface area contributed by atoms with E-state index in [0.29, 0.717) is 5.56 Å². The molecule has 1 heterocycles. The molecular weight excluding hydrogens is 264 g/mol. The van der Waals surface area contributed by atoms with E-state index in [2.05, 4.69) is 9.47 Å². The van der Waals surface area contributed by atoms with Gasteiger partial charge in [-0.05, 0) is 11.5 Å². The van der Waals surface area contributed by atoms with Crippen LogP contribution >= 0.6 is 12.4 Å². The Labute approximate surface area is 111 Å². The van der Waals surface area contributed by atoms with Crippen molar-refractivity contribution in [3.05, 3.63) is 23.8 Å². The molecule has 0 saturated carbocycles. The fourth-order valence-electron chi connectivity index (χ4n) is 1.70. The number of fused-ring (bicyclic) bond motifs is 1. The minimum atomic E-state index is -3.60. The van der Waals surface area contributed by atoms with Gasteiger partial charge in [0, 0.05) is 11.6 Å². The Morgan fingerprint density at radius 3 is 2.39 bits per heavy atom. The molecule has 6 heteroatoms. The molecule has 1 atom stereocenters. The summed E-state index contributed by atoms with van der Waals surface area (Å²) in [7, 11) is 0. The fraction of sp³-hybridized carbons (Fsp3) is 0.500. The third kappa shape index (κ3) is 2.67. The molecule has 0 amide bonds. The number of halogens is 3. The third-order valence-electron chi connectivity index (χ3n) is 2.73. The standard InChI is InChI=1S/C12H15F2NO2.ClH/c1-11(2,3)10(15)7-5-4-6-8-9(7)17-12(13,14)16-8;/h4-6,10H,15H2,1-3H3;1H/t10-;/m1./s1. The summed E-state index contributed by atoms with van der Waals surface area (Å²) in [6.07, 6.45) is -3.60. The molecular formula is C12H16ClF2NO2. The summed E-state index contributed by atoms with van der Waals surface area (Å²) in [4.78, 5) is 0. The van der Waals surface area contributed by atoms with Crippen LogP contribution in [-0.2, 0) is 0 Å². The molecule has 0 saturated heterocycles. The molecule has 2 rings (SSSR count). The topological polar surface area (TPSA) is 44.5 Å². The predicted molar refractivity (Wildman–Crippen MR) is 66.3 cm³/mol. The first kappa shape index (κ1) is 15.0. The van der Waals surface area contributed by atoms with Crippen LogP contribution in [-0.4, -0.2) is 6.29 Å². The molecule has 0 spiro atoms. The number of hydrogen-bond donors (Lipinski definition) is 1. The molecule has 1 aromatic rings. The van der Waals surface area contributed by atoms with E-state index in [1.807, 2.05) is 20.8 Å². The van der Waals surface area contributed by atoms with E-state index in [4.69, 9.17) is 5.73 Å². The van der Waals surface area contributed by atoms with Crippen LogP contribution < -0.4 is 15.2 Å². The van der Waals surface area contributed by atoms with Gasteiger partial charge in [-0.3, -0.25) is 0 Å². The van der Waals surface area contributed by atoms with Crippen molar-refractivity contribution < 1.29 is 18.3 Å². The average molecular weight is 280 g/mol. The second-order valence-electron chi connectivity index (χ2n) is 5.19. The summed E-state index contributed by atoms with van der Waals surface area (Å²) in [5.74, 6) is 0.0760. The molecule has 1 aliphatic heterocycles. The Kier molecular flexibility index (Phi) is 3.79. The van der Waals surface area contributed by atoms with Gasteiger partial charge in [-0.25, -0.2) is 0 Å². The van der Waals surface area contributed by atoms with Gasteiger partial charge in [0.15, 0.2) is 11.5 Å². The molecule has 1 aliphatic rings. The van der Waals surface area contributed by atoms with Crippen LogP contribution in [0.3, 0.4) is 0 Å². The van der Waals surface area contributed by atoms with Crippen LogP contribution in [0.4, 0.5) is 8.78 Å². The summed E-state index contributed by atoms with van der Waals surface area (Å²) in [6.45, 7) is 5.81. The summed E-state index contributed by atoms with van der Waals surface area (Å²) < 4.78 is 34.9. The quantitative estimate of drug-likeness (QED) is 0.856. The maximum Gasteiger partial charge on any atom is 0.586 e. The molecule has 0 unspecified atom stereocenters. The van der Waals surface area contributed by atoms with Crippen LogP contribution in [0, 0.1) is 5.41 Å². The average Bonchev–Trinajstić information content (AvgIpc) is 2.48. The largest absolute Gasteiger partial charge is 0.586 e. The first-order valence-electron chi connectivity index (χ1n) is 5.35. The van der Waals surface area contributed by atoms with E-state index >= 15 is 0 Å². The molecule has 0 aromatic heterocycles. The van der Waals surface area contributed by atoms with E-state index in [1.54, 1.807) is 12.1 Å². The molecule has 3 nitrogen and oxygen atoms in total. The third-order valence-corrected chi connectivity index (χ3v) is 2.73. The highest BCUT2D eigenvalue weighted by Gasteiger charge is 2.45. The van der Waals surface area contributed by atoms with Crippen LogP contribution in [0.25, 0.3) is 0 Å². The van der Waals surface area contributed by atoms with Crippen molar-refractivity contribution in [2.45, 2.75) is 33.1 Å². The molecule has 18 heavy (non-hydrogen) atoms. The van der Waals surface area contributed by atoms with E-state index in [1.165, 1.54) is 6.07 Å². The molecule has 1 aromatic carbocycles. The molecule has 0 aliphatic carbocycles. The van der Waals surface area contributed by atoms with Gasteiger partial charge in [0.05, 0.1) is 0 Å². The second-order valence-corrected chi connectivity index (χ2v) is 5.19. The lowest BCUT2D eigenvalue weighted by Gasteiger charge is -2.27. The first-order valence-corrected chi connectivity index (χ1v) is 5.35. The number of benzene rings is 1. The van der Waals surface area contributed by atoms with Gasteiger partial charge < -0.3 is 15.2 Å². The van der Waals surface area contributed by atoms with E-state index in [0.717, 1.165) is 0 Å². The van der Waals surface area contributed by atoms with Crippen molar-refractivity contribution in [1.82, 2.24) is 0 Å². The summed E-state index contributed by atoms with van der Waals surface area (Å²) >= 11 is 0. The molecule has 0 bridgehead atoms. The minimum absolute atomic E-state index is 0. The molecule has 2 N–H and O–H groups in total. The van der Waals surface area contributed by atoms with Crippen LogP contribution in [0.5, 0.6) is 11.5 Å². The van der Waals surface area contributed by atoms with Crippen molar-refractivity contribution in [2.24, 2.45) is 11.1 Å². The van der Waals surface area contributed by atoms with Crippen LogP contribution in [0.1, 0.15) is 32.4 Å². The van der Waals surface area contributed by atoms with Gasteiger partial charge >= 0.3 is 6.29 Å². The van der Waals surface area contributed by atoms with Crippen molar-refractivity contribution in [1.29, 1.82) is 0 Å². The van der Waals surface area contributed by atoms with Gasteiger partial charge in [-0.1, -0.05) is 32.9 Å². The van der Waals surface area contributed by atoms with Crippen molar-refractivity contribution in [3.63, 3.8) is 0 Å². The SMILES string of the molecule is CC(C)(C)[C@H](N)c1cccc2c1OC(F)(F)O2.Cl. The Morgan fingerprint density at radius 1 is 1.22 bits per heavy atom. The first-order chi connectivity index (χ1) is 7.71. The monoisotopic (exact) mass is 279 g/mol. The lowest BCUT2D eigenvalue weighted by atomic mass is 9.82. The van der Waals surface area contributed by atoms with Gasteiger partial charge in [-0.15, -0.1) is 21.2 Å². The normalized spacial score (nSPS) is 18.1. The number of hydrogen-bond acceptors (Lipinski definition) is 3. The van der Waals surface area contributed by atoms with Crippen molar-refractivity contribution >= 4 is 12.4 Å². The van der Waals surface area contributed by atoms with Crippen LogP contribution in [0.2, 0.25) is 0 Å². The van der Waals surface area contributed by atoms with Gasteiger partial charge in [0.25, 0.3) is 0 Å². The lowest BCUT2D eigenvalue weighted by Crippen LogP contribution is -2.28. The highest BCUT2D eigenvalue weighted by atomic mass is 35.5. The molecule has 0 fully saturated rings. The fourth-order valence-corrected chi connectivity index (χ4v) is 1.70.